The van der Waals surface area contributed by atoms with Crippen molar-refractivity contribution in [3.05, 3.63) is 41.6 Å². The van der Waals surface area contributed by atoms with Crippen molar-refractivity contribution in [1.29, 1.82) is 0 Å². The maximum atomic E-state index is 5.67. The fourth-order valence-electron chi connectivity index (χ4n) is 1.58. The molecular weight excluding hydrogens is 214 g/mol. The summed E-state index contributed by atoms with van der Waals surface area (Å²) in [5.74, 6) is 1.85. The van der Waals surface area contributed by atoms with Gasteiger partial charge in [0.25, 0.3) is 0 Å². The number of rotatable bonds is 4. The Morgan fingerprint density at radius 2 is 2.18 bits per heavy atom. The molecule has 2 aromatic rings. The van der Waals surface area contributed by atoms with Crippen molar-refractivity contribution in [1.82, 2.24) is 10.2 Å². The van der Waals surface area contributed by atoms with Crippen LogP contribution in [0.15, 0.2) is 30.3 Å². The average molecular weight is 231 g/mol. The zero-order valence-corrected chi connectivity index (χ0v) is 10.1. The van der Waals surface area contributed by atoms with Gasteiger partial charge in [-0.05, 0) is 23.6 Å². The van der Waals surface area contributed by atoms with E-state index in [1.54, 1.807) is 6.07 Å². The number of aromatic nitrogens is 2. The van der Waals surface area contributed by atoms with Crippen LogP contribution in [0.1, 0.15) is 31.0 Å². The molecule has 2 rings (SSSR count). The summed E-state index contributed by atoms with van der Waals surface area (Å²) in [5.41, 5.74) is 7.66. The van der Waals surface area contributed by atoms with E-state index in [1.165, 1.54) is 5.56 Å². The SMILES string of the molecule is CC(C)c1cccc(OCc2cc(N)n[nH]2)c1. The number of benzene rings is 1. The lowest BCUT2D eigenvalue weighted by Crippen LogP contribution is -1.97. The van der Waals surface area contributed by atoms with Gasteiger partial charge < -0.3 is 10.5 Å². The van der Waals surface area contributed by atoms with Gasteiger partial charge in [0.2, 0.25) is 0 Å². The van der Waals surface area contributed by atoms with E-state index in [9.17, 15) is 0 Å². The van der Waals surface area contributed by atoms with Gasteiger partial charge in [0.15, 0.2) is 0 Å². The third kappa shape index (κ3) is 3.00. The van der Waals surface area contributed by atoms with E-state index >= 15 is 0 Å². The van der Waals surface area contributed by atoms with E-state index in [2.05, 4.69) is 36.2 Å². The summed E-state index contributed by atoms with van der Waals surface area (Å²) in [6.45, 7) is 4.77. The van der Waals surface area contributed by atoms with Crippen molar-refractivity contribution in [3.63, 3.8) is 0 Å². The summed E-state index contributed by atoms with van der Waals surface area (Å²) in [5, 5.41) is 6.66. The Kier molecular flexibility index (Phi) is 3.32. The Morgan fingerprint density at radius 3 is 2.82 bits per heavy atom. The smallest absolute Gasteiger partial charge is 0.145 e. The van der Waals surface area contributed by atoms with Crippen molar-refractivity contribution in [3.8, 4) is 5.75 Å². The van der Waals surface area contributed by atoms with E-state index in [0.717, 1.165) is 11.4 Å². The molecule has 17 heavy (non-hydrogen) atoms. The number of nitrogens with one attached hydrogen (secondary N) is 1. The maximum Gasteiger partial charge on any atom is 0.145 e. The molecule has 0 aliphatic carbocycles. The summed E-state index contributed by atoms with van der Waals surface area (Å²) in [6.07, 6.45) is 0. The first-order chi connectivity index (χ1) is 8.15. The number of nitrogen functional groups attached to an aromatic ring is 1. The van der Waals surface area contributed by atoms with Crippen LogP contribution in [0.3, 0.4) is 0 Å². The van der Waals surface area contributed by atoms with E-state index in [0.29, 0.717) is 18.3 Å². The van der Waals surface area contributed by atoms with Crippen LogP contribution in [0.5, 0.6) is 5.75 Å². The number of nitrogens with two attached hydrogens (primary N) is 1. The molecule has 0 aliphatic heterocycles. The van der Waals surface area contributed by atoms with Crippen LogP contribution in [0.2, 0.25) is 0 Å². The predicted molar refractivity (Wildman–Crippen MR) is 67.9 cm³/mol. The molecule has 4 heteroatoms. The van der Waals surface area contributed by atoms with Crippen LogP contribution in [-0.2, 0) is 6.61 Å². The van der Waals surface area contributed by atoms with Gasteiger partial charge in [-0.1, -0.05) is 26.0 Å². The number of anilines is 1. The third-order valence-electron chi connectivity index (χ3n) is 2.57. The second-order valence-corrected chi connectivity index (χ2v) is 4.33. The van der Waals surface area contributed by atoms with Gasteiger partial charge in [0.1, 0.15) is 18.2 Å². The molecule has 0 atom stereocenters. The molecule has 1 aromatic heterocycles. The Hall–Kier alpha value is -1.97. The number of ether oxygens (including phenoxy) is 1. The van der Waals surface area contributed by atoms with Crippen molar-refractivity contribution in [2.24, 2.45) is 0 Å². The van der Waals surface area contributed by atoms with Crippen molar-refractivity contribution in [2.75, 3.05) is 5.73 Å². The normalized spacial score (nSPS) is 10.8. The monoisotopic (exact) mass is 231 g/mol. The van der Waals surface area contributed by atoms with Crippen LogP contribution in [0, 0.1) is 0 Å². The summed E-state index contributed by atoms with van der Waals surface area (Å²) >= 11 is 0. The molecule has 1 aromatic carbocycles. The van der Waals surface area contributed by atoms with Crippen LogP contribution in [0.4, 0.5) is 5.82 Å². The first-order valence-corrected chi connectivity index (χ1v) is 5.67. The Morgan fingerprint density at radius 1 is 1.35 bits per heavy atom. The summed E-state index contributed by atoms with van der Waals surface area (Å²) in [7, 11) is 0. The van der Waals surface area contributed by atoms with Gasteiger partial charge in [-0.15, -0.1) is 0 Å². The molecule has 0 fully saturated rings. The second-order valence-electron chi connectivity index (χ2n) is 4.33. The number of H-pyrrole nitrogens is 1. The van der Waals surface area contributed by atoms with E-state index in [-0.39, 0.29) is 0 Å². The average Bonchev–Trinajstić information content (AvgIpc) is 2.73. The highest BCUT2D eigenvalue weighted by Gasteiger charge is 2.02. The highest BCUT2D eigenvalue weighted by molar-refractivity contribution is 5.31. The zero-order chi connectivity index (χ0) is 12.3. The number of hydrogen-bond donors (Lipinski definition) is 2. The van der Waals surface area contributed by atoms with Crippen LogP contribution in [0.25, 0.3) is 0 Å². The van der Waals surface area contributed by atoms with E-state index < -0.39 is 0 Å². The van der Waals surface area contributed by atoms with E-state index in [1.807, 2.05) is 12.1 Å². The molecule has 0 bridgehead atoms. The van der Waals surface area contributed by atoms with Crippen LogP contribution < -0.4 is 10.5 Å². The maximum absolute atomic E-state index is 5.67. The molecule has 1 heterocycles. The molecule has 0 amide bonds. The van der Waals surface area contributed by atoms with Crippen molar-refractivity contribution >= 4 is 5.82 Å². The number of nitrogens with zero attached hydrogens (tertiary/aromatic N) is 1. The topological polar surface area (TPSA) is 63.9 Å². The second kappa shape index (κ2) is 4.91. The standard InChI is InChI=1S/C13H17N3O/c1-9(2)10-4-3-5-12(6-10)17-8-11-7-13(14)16-15-11/h3-7,9H,8H2,1-2H3,(H3,14,15,16). The molecule has 90 valence electrons. The summed E-state index contributed by atoms with van der Waals surface area (Å²) in [6, 6.07) is 9.89. The lowest BCUT2D eigenvalue weighted by atomic mass is 10.0. The minimum atomic E-state index is 0.450. The highest BCUT2D eigenvalue weighted by Crippen LogP contribution is 2.20. The molecule has 3 N–H and O–H groups in total. The number of aromatic amines is 1. The minimum Gasteiger partial charge on any atom is -0.487 e. The summed E-state index contributed by atoms with van der Waals surface area (Å²) in [4.78, 5) is 0. The first kappa shape index (κ1) is 11.5. The quantitative estimate of drug-likeness (QED) is 0.850. The lowest BCUT2D eigenvalue weighted by Gasteiger charge is -2.09. The first-order valence-electron chi connectivity index (χ1n) is 5.67. The predicted octanol–water partition coefficient (Wildman–Crippen LogP) is 2.69. The molecule has 0 spiro atoms. The van der Waals surface area contributed by atoms with E-state index in [4.69, 9.17) is 10.5 Å². The van der Waals surface area contributed by atoms with Gasteiger partial charge in [0.05, 0.1) is 5.69 Å². The third-order valence-corrected chi connectivity index (χ3v) is 2.57. The highest BCUT2D eigenvalue weighted by atomic mass is 16.5. The van der Waals surface area contributed by atoms with Gasteiger partial charge in [0, 0.05) is 6.07 Å². The van der Waals surface area contributed by atoms with Gasteiger partial charge in [-0.2, -0.15) is 5.10 Å². The number of hydrogen-bond acceptors (Lipinski definition) is 3. The van der Waals surface area contributed by atoms with Gasteiger partial charge >= 0.3 is 0 Å². The largest absolute Gasteiger partial charge is 0.487 e. The van der Waals surface area contributed by atoms with Crippen LogP contribution in [-0.4, -0.2) is 10.2 Å². The fourth-order valence-corrected chi connectivity index (χ4v) is 1.58. The Bertz CT molecular complexity index is 491. The van der Waals surface area contributed by atoms with Crippen molar-refractivity contribution < 1.29 is 4.74 Å². The zero-order valence-electron chi connectivity index (χ0n) is 10.1. The summed E-state index contributed by atoms with van der Waals surface area (Å²) < 4.78 is 5.67. The molecule has 4 nitrogen and oxygen atoms in total. The van der Waals surface area contributed by atoms with Crippen molar-refractivity contribution in [2.45, 2.75) is 26.4 Å². The molecular formula is C13H17N3O. The molecule has 0 unspecified atom stereocenters. The molecule has 0 aliphatic rings. The van der Waals surface area contributed by atoms with Gasteiger partial charge in [-0.25, -0.2) is 0 Å². The molecule has 0 saturated carbocycles. The van der Waals surface area contributed by atoms with Crippen LogP contribution >= 0.6 is 0 Å². The molecule has 0 radical (unpaired) electrons. The Labute approximate surface area is 101 Å². The minimum absolute atomic E-state index is 0.450. The fraction of sp³-hybridized carbons (Fsp3) is 0.308. The Balaban J connectivity index is 2.01. The lowest BCUT2D eigenvalue weighted by molar-refractivity contribution is 0.301. The van der Waals surface area contributed by atoms with Gasteiger partial charge in [-0.3, -0.25) is 5.10 Å². The molecule has 0 saturated heterocycles.